The third-order valence-electron chi connectivity index (χ3n) is 3.04. The minimum Gasteiger partial charge on any atom is -0.348 e. The van der Waals surface area contributed by atoms with Crippen molar-refractivity contribution >= 4 is 11.6 Å². The van der Waals surface area contributed by atoms with E-state index >= 15 is 0 Å². The van der Waals surface area contributed by atoms with Gasteiger partial charge in [0.05, 0.1) is 16.6 Å². The van der Waals surface area contributed by atoms with Crippen molar-refractivity contribution in [3.8, 4) is 0 Å². The lowest BCUT2D eigenvalue weighted by molar-refractivity contribution is -0.385. The molecule has 6 nitrogen and oxygen atoms in total. The van der Waals surface area contributed by atoms with Crippen molar-refractivity contribution in [3.05, 3.63) is 39.7 Å². The zero-order valence-electron chi connectivity index (χ0n) is 10.2. The molecule has 102 valence electrons. The van der Waals surface area contributed by atoms with Crippen molar-refractivity contribution in [2.24, 2.45) is 0 Å². The summed E-state index contributed by atoms with van der Waals surface area (Å²) in [5, 5.41) is 16.3. The van der Waals surface area contributed by atoms with Crippen LogP contribution in [0.4, 0.5) is 10.1 Å². The summed E-state index contributed by atoms with van der Waals surface area (Å²) in [7, 11) is 0. The summed E-state index contributed by atoms with van der Waals surface area (Å²) in [5.41, 5.74) is -0.537. The molecule has 1 aliphatic heterocycles. The molecule has 2 rings (SSSR count). The van der Waals surface area contributed by atoms with Crippen molar-refractivity contribution in [2.45, 2.75) is 18.9 Å². The van der Waals surface area contributed by atoms with Crippen molar-refractivity contribution in [1.29, 1.82) is 0 Å². The fourth-order valence-corrected chi connectivity index (χ4v) is 2.04. The maximum atomic E-state index is 13.6. The Labute approximate surface area is 109 Å². The third kappa shape index (κ3) is 3.25. The maximum Gasteiger partial charge on any atom is 0.272 e. The SMILES string of the molecule is O=C(N[C@H]1CCCNC1)c1ccc([N+](=O)[O-])cc1F. The summed E-state index contributed by atoms with van der Waals surface area (Å²) in [6.45, 7) is 1.57. The summed E-state index contributed by atoms with van der Waals surface area (Å²) in [6, 6.07) is 2.99. The number of carbonyl (C=O) groups excluding carboxylic acids is 1. The Balaban J connectivity index is 2.08. The van der Waals surface area contributed by atoms with Crippen LogP contribution in [0.15, 0.2) is 18.2 Å². The zero-order chi connectivity index (χ0) is 13.8. The van der Waals surface area contributed by atoms with Crippen molar-refractivity contribution < 1.29 is 14.1 Å². The molecule has 0 aromatic heterocycles. The van der Waals surface area contributed by atoms with E-state index in [-0.39, 0.29) is 17.3 Å². The number of amides is 1. The van der Waals surface area contributed by atoms with E-state index in [9.17, 15) is 19.3 Å². The van der Waals surface area contributed by atoms with Crippen LogP contribution in [-0.2, 0) is 0 Å². The molecule has 2 N–H and O–H groups in total. The van der Waals surface area contributed by atoms with Crippen molar-refractivity contribution in [1.82, 2.24) is 10.6 Å². The number of nitrogens with one attached hydrogen (secondary N) is 2. The van der Waals surface area contributed by atoms with Gasteiger partial charge in [-0.25, -0.2) is 4.39 Å². The summed E-state index contributed by atoms with van der Waals surface area (Å²) in [5.74, 6) is -1.42. The van der Waals surface area contributed by atoms with Gasteiger partial charge in [0.25, 0.3) is 11.6 Å². The van der Waals surface area contributed by atoms with Gasteiger partial charge in [-0.05, 0) is 25.5 Å². The second-order valence-electron chi connectivity index (χ2n) is 4.44. The van der Waals surface area contributed by atoms with E-state index in [0.29, 0.717) is 6.54 Å². The van der Waals surface area contributed by atoms with Crippen LogP contribution in [-0.4, -0.2) is 30.0 Å². The predicted molar refractivity (Wildman–Crippen MR) is 66.4 cm³/mol. The summed E-state index contributed by atoms with van der Waals surface area (Å²) < 4.78 is 13.6. The van der Waals surface area contributed by atoms with Crippen molar-refractivity contribution in [3.63, 3.8) is 0 Å². The molecule has 1 atom stereocenters. The van der Waals surface area contributed by atoms with Crippen LogP contribution in [0.25, 0.3) is 0 Å². The number of nitro benzene ring substituents is 1. The Morgan fingerprint density at radius 2 is 2.32 bits per heavy atom. The van der Waals surface area contributed by atoms with Gasteiger partial charge in [-0.2, -0.15) is 0 Å². The first kappa shape index (κ1) is 13.4. The normalized spacial score (nSPS) is 18.9. The monoisotopic (exact) mass is 267 g/mol. The minimum absolute atomic E-state index is 0.0316. The molecule has 0 spiro atoms. The fourth-order valence-electron chi connectivity index (χ4n) is 2.04. The molecule has 0 saturated carbocycles. The van der Waals surface area contributed by atoms with E-state index in [2.05, 4.69) is 10.6 Å². The second-order valence-corrected chi connectivity index (χ2v) is 4.44. The van der Waals surface area contributed by atoms with Gasteiger partial charge in [0.2, 0.25) is 0 Å². The zero-order valence-corrected chi connectivity index (χ0v) is 10.2. The lowest BCUT2D eigenvalue weighted by atomic mass is 10.1. The lowest BCUT2D eigenvalue weighted by Gasteiger charge is -2.23. The first-order valence-corrected chi connectivity index (χ1v) is 6.03. The number of nitrogens with zero attached hydrogens (tertiary/aromatic N) is 1. The number of hydrogen-bond acceptors (Lipinski definition) is 4. The summed E-state index contributed by atoms with van der Waals surface area (Å²) in [4.78, 5) is 21.6. The number of non-ortho nitro benzene ring substituents is 1. The highest BCUT2D eigenvalue weighted by atomic mass is 19.1. The molecule has 1 aliphatic rings. The molecule has 7 heteroatoms. The first-order valence-electron chi connectivity index (χ1n) is 6.03. The van der Waals surface area contributed by atoms with Crippen LogP contribution in [0.5, 0.6) is 0 Å². The van der Waals surface area contributed by atoms with E-state index < -0.39 is 16.6 Å². The summed E-state index contributed by atoms with van der Waals surface area (Å²) in [6.07, 6.45) is 1.79. The van der Waals surface area contributed by atoms with E-state index in [1.165, 1.54) is 0 Å². The average molecular weight is 267 g/mol. The van der Waals surface area contributed by atoms with Crippen LogP contribution < -0.4 is 10.6 Å². The Kier molecular flexibility index (Phi) is 4.06. The lowest BCUT2D eigenvalue weighted by Crippen LogP contribution is -2.45. The molecule has 0 aliphatic carbocycles. The Morgan fingerprint density at radius 1 is 1.53 bits per heavy atom. The van der Waals surface area contributed by atoms with E-state index in [0.717, 1.165) is 37.6 Å². The highest BCUT2D eigenvalue weighted by molar-refractivity contribution is 5.94. The largest absolute Gasteiger partial charge is 0.348 e. The number of halogens is 1. The number of hydrogen-bond donors (Lipinski definition) is 2. The third-order valence-corrected chi connectivity index (χ3v) is 3.04. The Bertz CT molecular complexity index is 501. The maximum absolute atomic E-state index is 13.6. The number of nitro groups is 1. The van der Waals surface area contributed by atoms with E-state index in [1.807, 2.05) is 0 Å². The van der Waals surface area contributed by atoms with Gasteiger partial charge in [-0.3, -0.25) is 14.9 Å². The highest BCUT2D eigenvalue weighted by Crippen LogP contribution is 2.16. The van der Waals surface area contributed by atoms with Crippen LogP contribution in [0, 0.1) is 15.9 Å². The Hall–Kier alpha value is -2.02. The molecule has 1 heterocycles. The average Bonchev–Trinajstić information content (AvgIpc) is 2.39. The molecular weight excluding hydrogens is 253 g/mol. The summed E-state index contributed by atoms with van der Waals surface area (Å²) >= 11 is 0. The molecule has 1 aromatic rings. The van der Waals surface area contributed by atoms with Crippen LogP contribution >= 0.6 is 0 Å². The van der Waals surface area contributed by atoms with Gasteiger partial charge < -0.3 is 10.6 Å². The number of benzene rings is 1. The van der Waals surface area contributed by atoms with Crippen LogP contribution in [0.1, 0.15) is 23.2 Å². The van der Waals surface area contributed by atoms with Gasteiger partial charge in [0, 0.05) is 18.7 Å². The minimum atomic E-state index is -0.879. The topological polar surface area (TPSA) is 84.3 Å². The van der Waals surface area contributed by atoms with Gasteiger partial charge >= 0.3 is 0 Å². The molecular formula is C12H14FN3O3. The van der Waals surface area contributed by atoms with E-state index in [4.69, 9.17) is 0 Å². The second kappa shape index (κ2) is 5.75. The number of piperidine rings is 1. The highest BCUT2D eigenvalue weighted by Gasteiger charge is 2.20. The predicted octanol–water partition coefficient (Wildman–Crippen LogP) is 1.22. The standard InChI is InChI=1S/C12H14FN3O3/c13-11-6-9(16(18)19)3-4-10(11)12(17)15-8-2-1-5-14-7-8/h3-4,6,8,14H,1-2,5,7H2,(H,15,17)/t8-/m0/s1. The molecule has 0 radical (unpaired) electrons. The van der Waals surface area contributed by atoms with Crippen molar-refractivity contribution in [2.75, 3.05) is 13.1 Å². The van der Waals surface area contributed by atoms with Gasteiger partial charge in [0.1, 0.15) is 5.82 Å². The van der Waals surface area contributed by atoms with Gasteiger partial charge in [0.15, 0.2) is 0 Å². The molecule has 1 saturated heterocycles. The molecule has 19 heavy (non-hydrogen) atoms. The van der Waals surface area contributed by atoms with Gasteiger partial charge in [-0.1, -0.05) is 0 Å². The van der Waals surface area contributed by atoms with Crippen LogP contribution in [0.3, 0.4) is 0 Å². The quantitative estimate of drug-likeness (QED) is 0.637. The number of carbonyl (C=O) groups is 1. The number of rotatable bonds is 3. The molecule has 1 aromatic carbocycles. The molecule has 1 fully saturated rings. The van der Waals surface area contributed by atoms with Crippen LogP contribution in [0.2, 0.25) is 0 Å². The van der Waals surface area contributed by atoms with Gasteiger partial charge in [-0.15, -0.1) is 0 Å². The molecule has 0 bridgehead atoms. The van der Waals surface area contributed by atoms with E-state index in [1.54, 1.807) is 0 Å². The smallest absolute Gasteiger partial charge is 0.272 e. The molecule has 0 unspecified atom stereocenters. The Morgan fingerprint density at radius 3 is 2.89 bits per heavy atom. The fraction of sp³-hybridized carbons (Fsp3) is 0.417. The first-order chi connectivity index (χ1) is 9.08. The molecule has 1 amide bonds.